The molecular weight excluding hydrogens is 390 g/mol. The van der Waals surface area contributed by atoms with Gasteiger partial charge >= 0.3 is 5.97 Å². The zero-order valence-electron chi connectivity index (χ0n) is 17.6. The summed E-state index contributed by atoms with van der Waals surface area (Å²) in [6, 6.07) is 17.0. The van der Waals surface area contributed by atoms with Gasteiger partial charge in [0.2, 0.25) is 0 Å². The van der Waals surface area contributed by atoms with E-state index < -0.39 is 5.97 Å². The highest BCUT2D eigenvalue weighted by Crippen LogP contribution is 2.38. The van der Waals surface area contributed by atoms with Crippen LogP contribution < -0.4 is 0 Å². The number of carbonyl (C=O) groups is 2. The summed E-state index contributed by atoms with van der Waals surface area (Å²) in [6.07, 6.45) is 4.86. The number of aromatic nitrogens is 1. The fourth-order valence-electron chi connectivity index (χ4n) is 4.14. The maximum Gasteiger partial charge on any atom is 0.340 e. The second-order valence-electron chi connectivity index (χ2n) is 7.49. The summed E-state index contributed by atoms with van der Waals surface area (Å²) in [5, 5.41) is 11.2. The van der Waals surface area contributed by atoms with E-state index in [2.05, 4.69) is 0 Å². The lowest BCUT2D eigenvalue weighted by Gasteiger charge is -2.18. The number of esters is 1. The number of aromatic hydroxyl groups is 1. The minimum Gasteiger partial charge on any atom is -0.494 e. The fraction of sp³-hybridized carbons (Fsp3) is 0.154. The summed E-state index contributed by atoms with van der Waals surface area (Å²) in [6.45, 7) is 3.72. The monoisotopic (exact) mass is 413 g/mol. The maximum atomic E-state index is 12.7. The highest BCUT2D eigenvalue weighted by Gasteiger charge is 2.29. The average Bonchev–Trinajstić information content (AvgIpc) is 3.04. The topological polar surface area (TPSA) is 68.5 Å². The fourth-order valence-corrected chi connectivity index (χ4v) is 4.14. The largest absolute Gasteiger partial charge is 0.494 e. The average molecular weight is 413 g/mol. The SMILES string of the molecule is COC(=O)c1c(C=C2C(=O)C=Cc3ccccc32)c(O)n([C@H](C)c2ccccc2)c1C. The molecule has 0 bridgehead atoms. The molecular formula is C26H23NO4. The van der Waals surface area contributed by atoms with Crippen molar-refractivity contribution >= 4 is 29.5 Å². The lowest BCUT2D eigenvalue weighted by atomic mass is 9.90. The Morgan fingerprint density at radius 1 is 1.06 bits per heavy atom. The Balaban J connectivity index is 1.94. The number of ketones is 1. The van der Waals surface area contributed by atoms with Crippen LogP contribution in [0.1, 0.15) is 51.3 Å². The van der Waals surface area contributed by atoms with Crippen LogP contribution in [-0.2, 0) is 9.53 Å². The number of nitrogens with zero attached hydrogens (tertiary/aromatic N) is 1. The van der Waals surface area contributed by atoms with Gasteiger partial charge in [0.15, 0.2) is 11.7 Å². The van der Waals surface area contributed by atoms with Crippen LogP contribution in [0, 0.1) is 6.92 Å². The number of benzene rings is 2. The molecule has 3 aromatic rings. The molecule has 0 amide bonds. The van der Waals surface area contributed by atoms with E-state index in [4.69, 9.17) is 4.74 Å². The van der Waals surface area contributed by atoms with Crippen molar-refractivity contribution < 1.29 is 19.4 Å². The van der Waals surface area contributed by atoms with Crippen molar-refractivity contribution in [3.05, 3.63) is 94.2 Å². The van der Waals surface area contributed by atoms with Gasteiger partial charge in [0, 0.05) is 11.3 Å². The van der Waals surface area contributed by atoms with E-state index in [1.807, 2.05) is 61.5 Å². The number of hydrogen-bond donors (Lipinski definition) is 1. The molecule has 1 aliphatic rings. The lowest BCUT2D eigenvalue weighted by Crippen LogP contribution is -2.10. The van der Waals surface area contributed by atoms with Crippen LogP contribution in [0.3, 0.4) is 0 Å². The Kier molecular flexibility index (Phi) is 5.34. The summed E-state index contributed by atoms with van der Waals surface area (Å²) >= 11 is 0. The van der Waals surface area contributed by atoms with Gasteiger partial charge in [0.05, 0.1) is 24.3 Å². The zero-order valence-corrected chi connectivity index (χ0v) is 17.6. The van der Waals surface area contributed by atoms with E-state index in [1.54, 1.807) is 23.6 Å². The summed E-state index contributed by atoms with van der Waals surface area (Å²) in [5.41, 5.74) is 4.15. The molecule has 5 nitrogen and oxygen atoms in total. The summed E-state index contributed by atoms with van der Waals surface area (Å²) in [4.78, 5) is 25.4. The second-order valence-corrected chi connectivity index (χ2v) is 7.49. The number of methoxy groups -OCH3 is 1. The van der Waals surface area contributed by atoms with Gasteiger partial charge < -0.3 is 14.4 Å². The summed E-state index contributed by atoms with van der Waals surface area (Å²) in [7, 11) is 1.30. The first kappa shape index (κ1) is 20.4. The van der Waals surface area contributed by atoms with Crippen LogP contribution in [0.2, 0.25) is 0 Å². The van der Waals surface area contributed by atoms with Crippen molar-refractivity contribution in [2.75, 3.05) is 7.11 Å². The summed E-state index contributed by atoms with van der Waals surface area (Å²) < 4.78 is 6.70. The molecule has 0 unspecified atom stereocenters. The zero-order chi connectivity index (χ0) is 22.1. The van der Waals surface area contributed by atoms with Crippen LogP contribution >= 0.6 is 0 Å². The smallest absolute Gasteiger partial charge is 0.340 e. The van der Waals surface area contributed by atoms with Crippen LogP contribution in [0.4, 0.5) is 0 Å². The van der Waals surface area contributed by atoms with Gasteiger partial charge in [-0.2, -0.15) is 0 Å². The molecule has 0 radical (unpaired) electrons. The third kappa shape index (κ3) is 3.48. The van der Waals surface area contributed by atoms with Crippen molar-refractivity contribution in [2.45, 2.75) is 19.9 Å². The molecule has 1 aromatic heterocycles. The van der Waals surface area contributed by atoms with Crippen molar-refractivity contribution in [3.8, 4) is 5.88 Å². The van der Waals surface area contributed by atoms with Crippen molar-refractivity contribution in [1.29, 1.82) is 0 Å². The second kappa shape index (κ2) is 8.11. The molecule has 0 fully saturated rings. The predicted molar refractivity (Wildman–Crippen MR) is 121 cm³/mol. The van der Waals surface area contributed by atoms with E-state index in [-0.39, 0.29) is 28.8 Å². The Bertz CT molecular complexity index is 1230. The minimum absolute atomic E-state index is 0.0819. The molecule has 0 aliphatic heterocycles. The molecule has 1 heterocycles. The van der Waals surface area contributed by atoms with Gasteiger partial charge in [-0.15, -0.1) is 0 Å². The highest BCUT2D eigenvalue weighted by atomic mass is 16.5. The van der Waals surface area contributed by atoms with Gasteiger partial charge in [-0.05, 0) is 42.7 Å². The third-order valence-corrected chi connectivity index (χ3v) is 5.74. The molecule has 0 spiro atoms. The highest BCUT2D eigenvalue weighted by molar-refractivity contribution is 6.33. The molecule has 2 aromatic carbocycles. The molecule has 0 saturated carbocycles. The number of ether oxygens (including phenoxy) is 1. The Morgan fingerprint density at radius 2 is 1.74 bits per heavy atom. The van der Waals surface area contributed by atoms with Crippen molar-refractivity contribution in [1.82, 2.24) is 4.57 Å². The quantitative estimate of drug-likeness (QED) is 0.481. The van der Waals surface area contributed by atoms with E-state index >= 15 is 0 Å². The van der Waals surface area contributed by atoms with E-state index in [0.29, 0.717) is 11.3 Å². The summed E-state index contributed by atoms with van der Waals surface area (Å²) in [5.74, 6) is -0.831. The Labute approximate surface area is 180 Å². The predicted octanol–water partition coefficient (Wildman–Crippen LogP) is 5.03. The molecule has 5 heteroatoms. The molecule has 1 aliphatic carbocycles. The van der Waals surface area contributed by atoms with Gasteiger partial charge in [0.25, 0.3) is 0 Å². The standard InChI is InChI=1S/C26H23NO4/c1-16(18-9-5-4-6-10-18)27-17(2)24(26(30)31-3)22(25(27)29)15-21-20-12-8-7-11-19(20)13-14-23(21)28/h4-16,29H,1-3H3/t16-/m1/s1. The van der Waals surface area contributed by atoms with Crippen LogP contribution in [0.5, 0.6) is 5.88 Å². The first-order chi connectivity index (χ1) is 14.9. The van der Waals surface area contributed by atoms with E-state index in [9.17, 15) is 14.7 Å². The van der Waals surface area contributed by atoms with Gasteiger partial charge in [0.1, 0.15) is 0 Å². The third-order valence-electron chi connectivity index (χ3n) is 5.74. The van der Waals surface area contributed by atoms with Crippen molar-refractivity contribution in [3.63, 3.8) is 0 Å². The molecule has 1 atom stereocenters. The Morgan fingerprint density at radius 3 is 2.45 bits per heavy atom. The van der Waals surface area contributed by atoms with E-state index in [0.717, 1.165) is 16.7 Å². The normalized spacial score (nSPS) is 15.1. The number of fused-ring (bicyclic) bond motifs is 1. The number of allylic oxidation sites excluding steroid dienone is 2. The number of rotatable bonds is 4. The van der Waals surface area contributed by atoms with Gasteiger partial charge in [-0.3, -0.25) is 4.79 Å². The minimum atomic E-state index is -0.564. The van der Waals surface area contributed by atoms with Crippen LogP contribution in [0.25, 0.3) is 17.7 Å². The molecule has 4 rings (SSSR count). The molecule has 1 N–H and O–H groups in total. The lowest BCUT2D eigenvalue weighted by molar-refractivity contribution is -0.109. The van der Waals surface area contributed by atoms with Crippen molar-refractivity contribution in [2.24, 2.45) is 0 Å². The first-order valence-electron chi connectivity index (χ1n) is 10.0. The molecule has 156 valence electrons. The maximum absolute atomic E-state index is 12.7. The van der Waals surface area contributed by atoms with Gasteiger partial charge in [-0.1, -0.05) is 60.7 Å². The first-order valence-corrected chi connectivity index (χ1v) is 10.0. The Hall–Kier alpha value is -3.86. The molecule has 0 saturated heterocycles. The van der Waals surface area contributed by atoms with Gasteiger partial charge in [-0.25, -0.2) is 4.79 Å². The number of hydrogen-bond acceptors (Lipinski definition) is 4. The van der Waals surface area contributed by atoms with E-state index in [1.165, 1.54) is 13.2 Å². The van der Waals surface area contributed by atoms with Crippen LogP contribution in [-0.4, -0.2) is 28.5 Å². The number of carbonyl (C=O) groups excluding carboxylic acids is 2. The molecule has 31 heavy (non-hydrogen) atoms. The van der Waals surface area contributed by atoms with Crippen LogP contribution in [0.15, 0.2) is 60.7 Å².